The standard InChI is InChI=1S/C17H19NO2/c1-12-4-6-15(7-5-12)17(19)18-13(2)14-8-10-16(20-3)11-9-14/h4-11,13H,1-3H3,(H,18,19). The van der Waals surface area contributed by atoms with Crippen molar-refractivity contribution in [3.63, 3.8) is 0 Å². The van der Waals surface area contributed by atoms with Gasteiger partial charge in [0.2, 0.25) is 0 Å². The number of hydrogen-bond acceptors (Lipinski definition) is 2. The summed E-state index contributed by atoms with van der Waals surface area (Å²) in [7, 11) is 1.64. The van der Waals surface area contributed by atoms with Gasteiger partial charge < -0.3 is 10.1 Å². The molecule has 1 N–H and O–H groups in total. The van der Waals surface area contributed by atoms with Gasteiger partial charge in [0.15, 0.2) is 0 Å². The normalized spacial score (nSPS) is 11.8. The van der Waals surface area contributed by atoms with E-state index in [1.165, 1.54) is 0 Å². The van der Waals surface area contributed by atoms with Crippen molar-refractivity contribution in [2.45, 2.75) is 19.9 Å². The Morgan fingerprint density at radius 1 is 1.05 bits per heavy atom. The van der Waals surface area contributed by atoms with Crippen LogP contribution in [-0.4, -0.2) is 13.0 Å². The number of hydrogen-bond donors (Lipinski definition) is 1. The van der Waals surface area contributed by atoms with Crippen LogP contribution < -0.4 is 10.1 Å². The van der Waals surface area contributed by atoms with Gasteiger partial charge in [-0.3, -0.25) is 4.79 Å². The van der Waals surface area contributed by atoms with Crippen LogP contribution in [0.25, 0.3) is 0 Å². The van der Waals surface area contributed by atoms with Crippen LogP contribution in [0.15, 0.2) is 48.5 Å². The summed E-state index contributed by atoms with van der Waals surface area (Å²) in [5.74, 6) is 0.749. The monoisotopic (exact) mass is 269 g/mol. The third-order valence-corrected chi connectivity index (χ3v) is 3.28. The summed E-state index contributed by atoms with van der Waals surface area (Å²) in [5, 5.41) is 2.99. The molecule has 0 aromatic heterocycles. The molecular formula is C17H19NO2. The van der Waals surface area contributed by atoms with E-state index in [4.69, 9.17) is 4.74 Å². The smallest absolute Gasteiger partial charge is 0.251 e. The van der Waals surface area contributed by atoms with Crippen molar-refractivity contribution in [2.75, 3.05) is 7.11 Å². The molecule has 0 spiro atoms. The predicted octanol–water partition coefficient (Wildman–Crippen LogP) is 3.49. The van der Waals surface area contributed by atoms with Crippen LogP contribution in [0.4, 0.5) is 0 Å². The highest BCUT2D eigenvalue weighted by molar-refractivity contribution is 5.94. The van der Waals surface area contributed by atoms with Gasteiger partial charge in [-0.05, 0) is 43.7 Å². The number of carbonyl (C=O) groups excluding carboxylic acids is 1. The molecule has 1 unspecified atom stereocenters. The van der Waals surface area contributed by atoms with E-state index in [1.807, 2.05) is 62.4 Å². The largest absolute Gasteiger partial charge is 0.497 e. The van der Waals surface area contributed by atoms with E-state index in [0.717, 1.165) is 16.9 Å². The van der Waals surface area contributed by atoms with Crippen molar-refractivity contribution in [1.82, 2.24) is 5.32 Å². The van der Waals surface area contributed by atoms with Crippen LogP contribution in [0.5, 0.6) is 5.75 Å². The molecule has 0 bridgehead atoms. The lowest BCUT2D eigenvalue weighted by molar-refractivity contribution is 0.0940. The molecule has 1 amide bonds. The zero-order valence-corrected chi connectivity index (χ0v) is 12.0. The molecule has 0 aliphatic carbocycles. The molecule has 0 saturated carbocycles. The third kappa shape index (κ3) is 3.38. The molecular weight excluding hydrogens is 250 g/mol. The van der Waals surface area contributed by atoms with Crippen molar-refractivity contribution < 1.29 is 9.53 Å². The molecule has 2 aromatic rings. The Kier molecular flexibility index (Phi) is 4.41. The number of nitrogens with one attached hydrogen (secondary N) is 1. The minimum Gasteiger partial charge on any atom is -0.497 e. The average Bonchev–Trinajstić information content (AvgIpc) is 2.48. The quantitative estimate of drug-likeness (QED) is 0.922. The first-order valence-electron chi connectivity index (χ1n) is 6.61. The Morgan fingerprint density at radius 3 is 2.20 bits per heavy atom. The number of rotatable bonds is 4. The summed E-state index contributed by atoms with van der Waals surface area (Å²) >= 11 is 0. The Balaban J connectivity index is 2.04. The Bertz CT molecular complexity index is 573. The van der Waals surface area contributed by atoms with Crippen LogP contribution in [0.3, 0.4) is 0 Å². The molecule has 0 heterocycles. The molecule has 0 radical (unpaired) electrons. The molecule has 0 aliphatic heterocycles. The second kappa shape index (κ2) is 6.24. The highest BCUT2D eigenvalue weighted by Crippen LogP contribution is 2.17. The van der Waals surface area contributed by atoms with Gasteiger partial charge in [0, 0.05) is 5.56 Å². The van der Waals surface area contributed by atoms with E-state index in [2.05, 4.69) is 5.32 Å². The number of aryl methyl sites for hydroxylation is 1. The second-order valence-electron chi connectivity index (χ2n) is 4.83. The van der Waals surface area contributed by atoms with E-state index < -0.39 is 0 Å². The maximum absolute atomic E-state index is 12.1. The molecule has 3 heteroatoms. The van der Waals surface area contributed by atoms with E-state index in [0.29, 0.717) is 5.56 Å². The fourth-order valence-corrected chi connectivity index (χ4v) is 1.96. The number of benzene rings is 2. The first-order chi connectivity index (χ1) is 9.60. The predicted molar refractivity (Wildman–Crippen MR) is 80.1 cm³/mol. The van der Waals surface area contributed by atoms with Crippen LogP contribution >= 0.6 is 0 Å². The van der Waals surface area contributed by atoms with E-state index in [-0.39, 0.29) is 11.9 Å². The zero-order chi connectivity index (χ0) is 14.5. The lowest BCUT2D eigenvalue weighted by atomic mass is 10.1. The molecule has 2 aromatic carbocycles. The van der Waals surface area contributed by atoms with Gasteiger partial charge in [-0.1, -0.05) is 29.8 Å². The fraction of sp³-hybridized carbons (Fsp3) is 0.235. The number of methoxy groups -OCH3 is 1. The molecule has 2 rings (SSSR count). The lowest BCUT2D eigenvalue weighted by Gasteiger charge is -2.15. The Labute approximate surface area is 119 Å². The topological polar surface area (TPSA) is 38.3 Å². The van der Waals surface area contributed by atoms with Crippen LogP contribution in [0.2, 0.25) is 0 Å². The first-order valence-corrected chi connectivity index (χ1v) is 6.61. The van der Waals surface area contributed by atoms with Crippen molar-refractivity contribution in [3.8, 4) is 5.75 Å². The van der Waals surface area contributed by atoms with Gasteiger partial charge >= 0.3 is 0 Å². The van der Waals surface area contributed by atoms with Crippen LogP contribution in [0, 0.1) is 6.92 Å². The minimum atomic E-state index is -0.0617. The molecule has 3 nitrogen and oxygen atoms in total. The van der Waals surface area contributed by atoms with Gasteiger partial charge in [-0.15, -0.1) is 0 Å². The summed E-state index contributed by atoms with van der Waals surface area (Å²) in [5.41, 5.74) is 2.87. The van der Waals surface area contributed by atoms with Crippen molar-refractivity contribution in [2.24, 2.45) is 0 Å². The van der Waals surface area contributed by atoms with Crippen LogP contribution in [-0.2, 0) is 0 Å². The van der Waals surface area contributed by atoms with Gasteiger partial charge in [-0.2, -0.15) is 0 Å². The SMILES string of the molecule is COc1ccc(C(C)NC(=O)c2ccc(C)cc2)cc1. The molecule has 1 atom stereocenters. The van der Waals surface area contributed by atoms with Gasteiger partial charge in [0.25, 0.3) is 5.91 Å². The highest BCUT2D eigenvalue weighted by atomic mass is 16.5. The second-order valence-corrected chi connectivity index (χ2v) is 4.83. The Morgan fingerprint density at radius 2 is 1.65 bits per heavy atom. The maximum atomic E-state index is 12.1. The van der Waals surface area contributed by atoms with E-state index in [1.54, 1.807) is 7.11 Å². The molecule has 0 saturated heterocycles. The molecule has 0 fully saturated rings. The summed E-state index contributed by atoms with van der Waals surface area (Å²) in [6.07, 6.45) is 0. The van der Waals surface area contributed by atoms with Crippen molar-refractivity contribution in [1.29, 1.82) is 0 Å². The summed E-state index contributed by atoms with van der Waals surface area (Å²) in [6, 6.07) is 15.2. The summed E-state index contributed by atoms with van der Waals surface area (Å²) < 4.78 is 5.12. The number of ether oxygens (including phenoxy) is 1. The van der Waals surface area contributed by atoms with Gasteiger partial charge in [0.05, 0.1) is 13.2 Å². The minimum absolute atomic E-state index is 0.0466. The fourth-order valence-electron chi connectivity index (χ4n) is 1.96. The van der Waals surface area contributed by atoms with Crippen LogP contribution in [0.1, 0.15) is 34.5 Å². The lowest BCUT2D eigenvalue weighted by Crippen LogP contribution is -2.26. The first kappa shape index (κ1) is 14.1. The van der Waals surface area contributed by atoms with Crippen molar-refractivity contribution in [3.05, 3.63) is 65.2 Å². The van der Waals surface area contributed by atoms with E-state index in [9.17, 15) is 4.79 Å². The van der Waals surface area contributed by atoms with Gasteiger partial charge in [0.1, 0.15) is 5.75 Å². The molecule has 104 valence electrons. The number of amides is 1. The summed E-state index contributed by atoms with van der Waals surface area (Å²) in [4.78, 5) is 12.1. The third-order valence-electron chi connectivity index (χ3n) is 3.28. The van der Waals surface area contributed by atoms with Gasteiger partial charge in [-0.25, -0.2) is 0 Å². The number of carbonyl (C=O) groups is 1. The highest BCUT2D eigenvalue weighted by Gasteiger charge is 2.11. The Hall–Kier alpha value is -2.29. The average molecular weight is 269 g/mol. The molecule has 0 aliphatic rings. The van der Waals surface area contributed by atoms with Crippen molar-refractivity contribution >= 4 is 5.91 Å². The maximum Gasteiger partial charge on any atom is 0.251 e. The van der Waals surface area contributed by atoms with E-state index >= 15 is 0 Å². The zero-order valence-electron chi connectivity index (χ0n) is 12.0. The summed E-state index contributed by atoms with van der Waals surface area (Å²) in [6.45, 7) is 3.97. The molecule has 20 heavy (non-hydrogen) atoms.